The number of hydrogen-bond donors (Lipinski definition) is 1. The zero-order valence-corrected chi connectivity index (χ0v) is 22.5. The van der Waals surface area contributed by atoms with Crippen LogP contribution in [0, 0.1) is 13.8 Å². The standard InChI is InChI=1S/C32H31N3O4/c1-20(2)25-13-12-22(4)17-29(25)39-15-14-34-19-23(26-10-5-6-11-28(26)34)18-27-30(36)33-32(38)35(31(27)37)24-9-7-8-21(3)16-24/h5-13,16-20H,14-15H2,1-4H3,(H,33,36,38). The maximum atomic E-state index is 13.4. The lowest BCUT2D eigenvalue weighted by Gasteiger charge is -2.26. The van der Waals surface area contributed by atoms with Gasteiger partial charge in [-0.25, -0.2) is 9.69 Å². The molecule has 1 fully saturated rings. The molecule has 1 aliphatic heterocycles. The first-order valence-corrected chi connectivity index (χ1v) is 13.0. The summed E-state index contributed by atoms with van der Waals surface area (Å²) in [5.74, 6) is -0.143. The molecule has 1 aromatic heterocycles. The van der Waals surface area contributed by atoms with Gasteiger partial charge in [-0.05, 0) is 66.8 Å². The number of aromatic nitrogens is 1. The van der Waals surface area contributed by atoms with E-state index in [-0.39, 0.29) is 5.57 Å². The number of nitrogens with one attached hydrogen (secondary N) is 1. The Morgan fingerprint density at radius 3 is 2.46 bits per heavy atom. The van der Waals surface area contributed by atoms with Crippen LogP contribution in [0.3, 0.4) is 0 Å². The molecule has 0 unspecified atom stereocenters. The number of barbiturate groups is 1. The second-order valence-corrected chi connectivity index (χ2v) is 10.1. The molecule has 4 aromatic rings. The Morgan fingerprint density at radius 1 is 0.923 bits per heavy atom. The molecule has 0 bridgehead atoms. The fraction of sp³-hybridized carbons (Fsp3) is 0.219. The lowest BCUT2D eigenvalue weighted by atomic mass is 10.0. The maximum Gasteiger partial charge on any atom is 0.335 e. The summed E-state index contributed by atoms with van der Waals surface area (Å²) in [6.07, 6.45) is 3.47. The van der Waals surface area contributed by atoms with Crippen LogP contribution in [0.5, 0.6) is 5.75 Å². The predicted octanol–water partition coefficient (Wildman–Crippen LogP) is 6.13. The molecule has 0 radical (unpaired) electrons. The maximum absolute atomic E-state index is 13.4. The number of fused-ring (bicyclic) bond motifs is 1. The summed E-state index contributed by atoms with van der Waals surface area (Å²) in [6.45, 7) is 9.24. The molecule has 1 saturated heterocycles. The largest absolute Gasteiger partial charge is 0.491 e. The van der Waals surface area contributed by atoms with E-state index >= 15 is 0 Å². The fourth-order valence-electron chi connectivity index (χ4n) is 4.89. The first-order chi connectivity index (χ1) is 18.7. The van der Waals surface area contributed by atoms with Gasteiger partial charge in [0.25, 0.3) is 11.8 Å². The molecule has 5 rings (SSSR count). The van der Waals surface area contributed by atoms with Gasteiger partial charge < -0.3 is 9.30 Å². The number of para-hydroxylation sites is 1. The summed E-state index contributed by atoms with van der Waals surface area (Å²) in [7, 11) is 0. The molecule has 4 amide bonds. The Hall–Kier alpha value is -4.65. The van der Waals surface area contributed by atoms with Crippen LogP contribution in [0.2, 0.25) is 0 Å². The van der Waals surface area contributed by atoms with E-state index in [0.717, 1.165) is 38.2 Å². The van der Waals surface area contributed by atoms with Crippen molar-refractivity contribution in [1.82, 2.24) is 9.88 Å². The van der Waals surface area contributed by atoms with Crippen LogP contribution >= 0.6 is 0 Å². The number of amides is 4. The van der Waals surface area contributed by atoms with Gasteiger partial charge in [-0.3, -0.25) is 14.9 Å². The summed E-state index contributed by atoms with van der Waals surface area (Å²) in [5.41, 5.74) is 5.18. The number of anilines is 1. The average molecular weight is 522 g/mol. The number of benzene rings is 3. The number of hydrogen-bond acceptors (Lipinski definition) is 4. The summed E-state index contributed by atoms with van der Waals surface area (Å²) >= 11 is 0. The van der Waals surface area contributed by atoms with Crippen molar-refractivity contribution < 1.29 is 19.1 Å². The second kappa shape index (κ2) is 10.6. The predicted molar refractivity (Wildman–Crippen MR) is 153 cm³/mol. The van der Waals surface area contributed by atoms with Gasteiger partial charge in [0.05, 0.1) is 12.2 Å². The van der Waals surface area contributed by atoms with Crippen molar-refractivity contribution in [3.8, 4) is 5.75 Å². The van der Waals surface area contributed by atoms with Gasteiger partial charge in [0.15, 0.2) is 0 Å². The number of urea groups is 1. The zero-order valence-electron chi connectivity index (χ0n) is 22.5. The van der Waals surface area contributed by atoms with Crippen LogP contribution in [-0.2, 0) is 16.1 Å². The molecule has 198 valence electrons. The van der Waals surface area contributed by atoms with Gasteiger partial charge in [0.2, 0.25) is 0 Å². The average Bonchev–Trinajstić information content (AvgIpc) is 3.24. The Morgan fingerprint density at radius 2 is 1.69 bits per heavy atom. The van der Waals surface area contributed by atoms with Crippen LogP contribution in [0.4, 0.5) is 10.5 Å². The van der Waals surface area contributed by atoms with E-state index in [2.05, 4.69) is 41.9 Å². The van der Waals surface area contributed by atoms with E-state index in [1.807, 2.05) is 50.4 Å². The quantitative estimate of drug-likeness (QED) is 0.234. The SMILES string of the molecule is Cc1cccc(N2C(=O)NC(=O)C(=Cc3cn(CCOc4cc(C)ccc4C(C)C)c4ccccc34)C2=O)c1. The molecule has 3 aromatic carbocycles. The van der Waals surface area contributed by atoms with Crippen LogP contribution in [0.15, 0.2) is 78.5 Å². The minimum Gasteiger partial charge on any atom is -0.491 e. The van der Waals surface area contributed by atoms with Gasteiger partial charge in [-0.2, -0.15) is 0 Å². The normalized spacial score (nSPS) is 14.9. The van der Waals surface area contributed by atoms with Gasteiger partial charge in [-0.15, -0.1) is 0 Å². The molecule has 7 nitrogen and oxygen atoms in total. The first kappa shape index (κ1) is 26.0. The van der Waals surface area contributed by atoms with Crippen LogP contribution in [0.1, 0.15) is 42.0 Å². The van der Waals surface area contributed by atoms with Gasteiger partial charge >= 0.3 is 6.03 Å². The lowest BCUT2D eigenvalue weighted by Crippen LogP contribution is -2.54. The number of nitrogens with zero attached hydrogens (tertiary/aromatic N) is 2. The minimum atomic E-state index is -0.760. The second-order valence-electron chi connectivity index (χ2n) is 10.1. The van der Waals surface area contributed by atoms with Gasteiger partial charge in [0, 0.05) is 22.7 Å². The monoisotopic (exact) mass is 521 g/mol. The summed E-state index contributed by atoms with van der Waals surface area (Å²) in [4.78, 5) is 39.8. The third-order valence-electron chi connectivity index (χ3n) is 6.86. The summed E-state index contributed by atoms with van der Waals surface area (Å²) < 4.78 is 8.27. The van der Waals surface area contributed by atoms with Crippen molar-refractivity contribution in [2.24, 2.45) is 0 Å². The van der Waals surface area contributed by atoms with Crippen LogP contribution < -0.4 is 15.0 Å². The van der Waals surface area contributed by atoms with Crippen molar-refractivity contribution in [3.63, 3.8) is 0 Å². The van der Waals surface area contributed by atoms with Gasteiger partial charge in [0.1, 0.15) is 17.9 Å². The molecule has 7 heteroatoms. The van der Waals surface area contributed by atoms with E-state index in [4.69, 9.17) is 4.74 Å². The summed E-state index contributed by atoms with van der Waals surface area (Å²) in [6, 6.07) is 20.4. The number of carbonyl (C=O) groups excluding carboxylic acids is 3. The Kier molecular flexibility index (Phi) is 7.07. The number of aryl methyl sites for hydroxylation is 2. The lowest BCUT2D eigenvalue weighted by molar-refractivity contribution is -0.122. The number of rotatable bonds is 7. The Labute approximate surface area is 227 Å². The van der Waals surface area contributed by atoms with E-state index in [1.54, 1.807) is 24.3 Å². The first-order valence-electron chi connectivity index (χ1n) is 13.0. The van der Waals surface area contributed by atoms with Crippen molar-refractivity contribution in [3.05, 3.63) is 101 Å². The molecular formula is C32H31N3O4. The van der Waals surface area contributed by atoms with Crippen molar-refractivity contribution in [1.29, 1.82) is 0 Å². The molecule has 2 heterocycles. The van der Waals surface area contributed by atoms with Crippen LogP contribution in [-0.4, -0.2) is 29.0 Å². The molecule has 0 spiro atoms. The third kappa shape index (κ3) is 5.21. The van der Waals surface area contributed by atoms with E-state index in [0.29, 0.717) is 30.3 Å². The number of ether oxygens (including phenoxy) is 1. The minimum absolute atomic E-state index is 0.100. The van der Waals surface area contributed by atoms with E-state index in [9.17, 15) is 14.4 Å². The molecule has 1 N–H and O–H groups in total. The molecule has 1 aliphatic rings. The highest BCUT2D eigenvalue weighted by Gasteiger charge is 2.37. The van der Waals surface area contributed by atoms with Gasteiger partial charge in [-0.1, -0.05) is 56.3 Å². The van der Waals surface area contributed by atoms with E-state index in [1.165, 1.54) is 0 Å². The topological polar surface area (TPSA) is 80.6 Å². The highest BCUT2D eigenvalue weighted by atomic mass is 16.5. The molecule has 39 heavy (non-hydrogen) atoms. The Bertz CT molecular complexity index is 1630. The van der Waals surface area contributed by atoms with Crippen molar-refractivity contribution >= 4 is 40.5 Å². The van der Waals surface area contributed by atoms with Crippen molar-refractivity contribution in [2.45, 2.75) is 40.2 Å². The summed E-state index contributed by atoms with van der Waals surface area (Å²) in [5, 5.41) is 3.20. The zero-order chi connectivity index (χ0) is 27.7. The molecule has 0 atom stereocenters. The molecule has 0 aliphatic carbocycles. The van der Waals surface area contributed by atoms with Crippen molar-refractivity contribution in [2.75, 3.05) is 11.5 Å². The number of imide groups is 2. The van der Waals surface area contributed by atoms with Crippen LogP contribution in [0.25, 0.3) is 17.0 Å². The smallest absolute Gasteiger partial charge is 0.335 e. The van der Waals surface area contributed by atoms with E-state index < -0.39 is 17.8 Å². The Balaban J connectivity index is 1.45. The highest BCUT2D eigenvalue weighted by molar-refractivity contribution is 6.39. The molecular weight excluding hydrogens is 490 g/mol. The third-order valence-corrected chi connectivity index (χ3v) is 6.86. The fourth-order valence-corrected chi connectivity index (χ4v) is 4.89. The number of carbonyl (C=O) groups is 3. The highest BCUT2D eigenvalue weighted by Crippen LogP contribution is 2.29. The molecule has 0 saturated carbocycles.